The summed E-state index contributed by atoms with van der Waals surface area (Å²) in [6, 6.07) is 16.0. The van der Waals surface area contributed by atoms with Gasteiger partial charge in [0.25, 0.3) is 0 Å². The van der Waals surface area contributed by atoms with Gasteiger partial charge in [-0.2, -0.15) is 5.26 Å². The molecule has 0 spiro atoms. The Hall–Kier alpha value is -4.58. The molecule has 0 unspecified atom stereocenters. The molecule has 0 N–H and O–H groups in total. The fourth-order valence-electron chi connectivity index (χ4n) is 2.94. The van der Waals surface area contributed by atoms with Gasteiger partial charge < -0.3 is 23.7 Å². The van der Waals surface area contributed by atoms with E-state index in [2.05, 4.69) is 9.47 Å². The summed E-state index contributed by atoms with van der Waals surface area (Å²) in [6.45, 7) is 4.09. The van der Waals surface area contributed by atoms with Gasteiger partial charge in [-0.05, 0) is 60.4 Å². The van der Waals surface area contributed by atoms with Crippen LogP contribution in [0.1, 0.15) is 37.8 Å². The van der Waals surface area contributed by atoms with Crippen molar-refractivity contribution in [3.05, 3.63) is 70.8 Å². The Kier molecular flexibility index (Phi) is 14.1. The summed E-state index contributed by atoms with van der Waals surface area (Å²) in [7, 11) is 5.54. The molecular formula is C29H33NO8. The maximum Gasteiger partial charge on any atom is 0.349 e. The highest BCUT2D eigenvalue weighted by Gasteiger charge is 2.19. The highest BCUT2D eigenvalue weighted by Crippen LogP contribution is 2.22. The topological polar surface area (TPSA) is 121 Å². The monoisotopic (exact) mass is 523 g/mol. The van der Waals surface area contributed by atoms with E-state index in [-0.39, 0.29) is 11.1 Å². The number of hydrogen-bond donors (Lipinski definition) is 0. The molecule has 0 saturated heterocycles. The van der Waals surface area contributed by atoms with Crippen molar-refractivity contribution in [2.75, 3.05) is 35.0 Å². The Balaban J connectivity index is 0.000000382. The number of ether oxygens (including phenoxy) is 5. The van der Waals surface area contributed by atoms with E-state index in [1.807, 2.05) is 25.1 Å². The van der Waals surface area contributed by atoms with Crippen LogP contribution in [0.4, 0.5) is 0 Å². The van der Waals surface area contributed by atoms with E-state index in [1.54, 1.807) is 57.5 Å². The van der Waals surface area contributed by atoms with E-state index in [9.17, 15) is 14.4 Å². The predicted octanol–water partition coefficient (Wildman–Crippen LogP) is 4.76. The molecule has 0 aliphatic carbocycles. The molecule has 0 atom stereocenters. The van der Waals surface area contributed by atoms with Crippen molar-refractivity contribution in [1.82, 2.24) is 0 Å². The third-order valence-electron chi connectivity index (χ3n) is 5.18. The van der Waals surface area contributed by atoms with Crippen LogP contribution in [-0.4, -0.2) is 53.0 Å². The van der Waals surface area contributed by atoms with Crippen LogP contribution in [0.5, 0.6) is 11.5 Å². The van der Waals surface area contributed by atoms with Crippen LogP contribution < -0.4 is 9.47 Å². The normalized spacial score (nSPS) is 10.3. The third kappa shape index (κ3) is 9.82. The Morgan fingerprint density at radius 1 is 0.816 bits per heavy atom. The van der Waals surface area contributed by atoms with E-state index in [1.165, 1.54) is 20.3 Å². The quantitative estimate of drug-likeness (QED) is 0.0825. The predicted molar refractivity (Wildman–Crippen MR) is 142 cm³/mol. The van der Waals surface area contributed by atoms with Gasteiger partial charge in [-0.3, -0.25) is 0 Å². The molecule has 2 rings (SSSR count). The number of nitrogens with zero attached hydrogens (tertiary/aromatic N) is 1. The van der Waals surface area contributed by atoms with Crippen molar-refractivity contribution in [2.45, 2.75) is 26.7 Å². The Bertz CT molecular complexity index is 1150. The van der Waals surface area contributed by atoms with Gasteiger partial charge in [0.15, 0.2) is 0 Å². The van der Waals surface area contributed by atoms with Gasteiger partial charge in [-0.25, -0.2) is 14.4 Å². The van der Waals surface area contributed by atoms with E-state index in [0.717, 1.165) is 24.2 Å². The molecule has 9 nitrogen and oxygen atoms in total. The van der Waals surface area contributed by atoms with E-state index in [0.29, 0.717) is 23.5 Å². The largest absolute Gasteiger partial charge is 0.497 e. The van der Waals surface area contributed by atoms with Crippen molar-refractivity contribution in [1.29, 1.82) is 5.26 Å². The third-order valence-corrected chi connectivity index (χ3v) is 5.18. The Morgan fingerprint density at radius 2 is 1.32 bits per heavy atom. The van der Waals surface area contributed by atoms with Gasteiger partial charge in [0, 0.05) is 0 Å². The molecule has 0 heterocycles. The summed E-state index contributed by atoms with van der Waals surface area (Å²) in [5.41, 5.74) is 1.96. The lowest BCUT2D eigenvalue weighted by Gasteiger charge is -2.07. The van der Waals surface area contributed by atoms with Crippen LogP contribution in [0.3, 0.4) is 0 Å². The minimum absolute atomic E-state index is 0.0475. The summed E-state index contributed by atoms with van der Waals surface area (Å²) >= 11 is 0. The Morgan fingerprint density at radius 3 is 1.74 bits per heavy atom. The molecule has 38 heavy (non-hydrogen) atoms. The number of unbranched alkanes of at least 4 members (excludes halogenated alkanes) is 1. The molecule has 2 aromatic carbocycles. The zero-order valence-corrected chi connectivity index (χ0v) is 22.5. The van der Waals surface area contributed by atoms with Crippen LogP contribution >= 0.6 is 0 Å². The van der Waals surface area contributed by atoms with E-state index < -0.39 is 17.9 Å². The lowest BCUT2D eigenvalue weighted by atomic mass is 10.0. The van der Waals surface area contributed by atoms with Crippen LogP contribution in [0.25, 0.3) is 11.6 Å². The van der Waals surface area contributed by atoms with Gasteiger partial charge in [0.2, 0.25) is 0 Å². The first-order valence-electron chi connectivity index (χ1n) is 11.7. The fraction of sp³-hybridized carbons (Fsp3) is 0.310. The smallest absolute Gasteiger partial charge is 0.349 e. The first-order valence-corrected chi connectivity index (χ1v) is 11.7. The summed E-state index contributed by atoms with van der Waals surface area (Å²) in [4.78, 5) is 34.7. The summed E-state index contributed by atoms with van der Waals surface area (Å²) in [6.07, 6.45) is 3.14. The van der Waals surface area contributed by atoms with Gasteiger partial charge in [0.05, 0.1) is 35.0 Å². The molecule has 0 radical (unpaired) electrons. The first kappa shape index (κ1) is 31.4. The molecule has 9 heteroatoms. The molecule has 0 aromatic heterocycles. The summed E-state index contributed by atoms with van der Waals surface area (Å²) in [5.74, 6) is -0.625. The second-order valence-corrected chi connectivity index (χ2v) is 7.64. The number of rotatable bonds is 10. The van der Waals surface area contributed by atoms with Crippen molar-refractivity contribution in [3.8, 4) is 17.6 Å². The average molecular weight is 524 g/mol. The zero-order chi connectivity index (χ0) is 28.5. The van der Waals surface area contributed by atoms with Crippen LogP contribution in [-0.2, 0) is 28.6 Å². The number of methoxy groups -OCH3 is 4. The van der Waals surface area contributed by atoms with Gasteiger partial charge in [-0.15, -0.1) is 0 Å². The van der Waals surface area contributed by atoms with Crippen LogP contribution in [0, 0.1) is 11.3 Å². The lowest BCUT2D eigenvalue weighted by molar-refractivity contribution is -0.144. The molecule has 0 saturated carbocycles. The Labute approximate surface area is 223 Å². The van der Waals surface area contributed by atoms with E-state index >= 15 is 0 Å². The second kappa shape index (κ2) is 17.0. The zero-order valence-electron chi connectivity index (χ0n) is 22.5. The van der Waals surface area contributed by atoms with Crippen molar-refractivity contribution >= 4 is 29.6 Å². The molecule has 2 aromatic rings. The molecule has 202 valence electrons. The van der Waals surface area contributed by atoms with Crippen LogP contribution in [0.2, 0.25) is 0 Å². The summed E-state index contributed by atoms with van der Waals surface area (Å²) < 4.78 is 24.2. The van der Waals surface area contributed by atoms with Crippen molar-refractivity contribution < 1.29 is 38.1 Å². The molecule has 0 fully saturated rings. The number of esters is 3. The van der Waals surface area contributed by atoms with Gasteiger partial charge in [-0.1, -0.05) is 37.6 Å². The number of carbonyl (C=O) groups excluding carboxylic acids is 3. The van der Waals surface area contributed by atoms with Gasteiger partial charge in [0.1, 0.15) is 28.7 Å². The average Bonchev–Trinajstić information content (AvgIpc) is 2.96. The van der Waals surface area contributed by atoms with E-state index in [4.69, 9.17) is 19.5 Å². The standard InChI is InChI=1S/C16H19NO3.C13H14O5/c1-4-5-10-20-16(18)15(11-17)12(2)13-6-8-14(19-3)9-7-13;1-16-10-6-4-9(5-7-10)8-11(12(14)17-2)13(15)18-3/h6-9H,4-5,10H2,1-3H3;4-8H,1-3H3/b15-12+;. The minimum Gasteiger partial charge on any atom is -0.497 e. The SMILES string of the molecule is CCCCOC(=O)/C(C#N)=C(\C)c1ccc(OC)cc1.COC(=O)C(=Cc1ccc(OC)cc1)C(=O)OC. The number of benzene rings is 2. The second-order valence-electron chi connectivity index (χ2n) is 7.64. The molecule has 0 amide bonds. The first-order chi connectivity index (χ1) is 18.3. The van der Waals surface area contributed by atoms with Crippen molar-refractivity contribution in [3.63, 3.8) is 0 Å². The minimum atomic E-state index is -0.738. The molecule has 0 bridgehead atoms. The summed E-state index contributed by atoms with van der Waals surface area (Å²) in [5, 5.41) is 9.15. The number of carbonyl (C=O) groups is 3. The number of nitriles is 1. The van der Waals surface area contributed by atoms with Gasteiger partial charge >= 0.3 is 17.9 Å². The van der Waals surface area contributed by atoms with Crippen LogP contribution in [0.15, 0.2) is 59.7 Å². The molecule has 0 aliphatic heterocycles. The molecular weight excluding hydrogens is 490 g/mol. The lowest BCUT2D eigenvalue weighted by Crippen LogP contribution is -2.15. The number of hydrogen-bond acceptors (Lipinski definition) is 9. The maximum absolute atomic E-state index is 11.9. The van der Waals surface area contributed by atoms with Crippen molar-refractivity contribution in [2.24, 2.45) is 0 Å². The fourth-order valence-corrected chi connectivity index (χ4v) is 2.94. The number of allylic oxidation sites excluding steroid dienone is 1. The molecule has 0 aliphatic rings. The maximum atomic E-state index is 11.9. The highest BCUT2D eigenvalue weighted by molar-refractivity contribution is 6.17. The highest BCUT2D eigenvalue weighted by atomic mass is 16.5.